The topological polar surface area (TPSA) is 96.8 Å². The van der Waals surface area contributed by atoms with Gasteiger partial charge in [-0.25, -0.2) is 0 Å². The van der Waals surface area contributed by atoms with E-state index >= 15 is 0 Å². The van der Waals surface area contributed by atoms with Gasteiger partial charge in [0.15, 0.2) is 0 Å². The van der Waals surface area contributed by atoms with E-state index in [1.54, 1.807) is 24.5 Å². The average molecular weight is 515 g/mol. The third kappa shape index (κ3) is 6.57. The summed E-state index contributed by atoms with van der Waals surface area (Å²) >= 11 is 0. The van der Waals surface area contributed by atoms with Gasteiger partial charge in [0, 0.05) is 62.4 Å². The normalized spacial score (nSPS) is 17.5. The van der Waals surface area contributed by atoms with Crippen LogP contribution in [0.15, 0.2) is 60.9 Å². The van der Waals surface area contributed by atoms with Crippen LogP contribution in [-0.4, -0.2) is 82.3 Å². The minimum absolute atomic E-state index is 0.230. The number of hydrogen-bond acceptors (Lipinski definition) is 8. The quantitative estimate of drug-likeness (QED) is 0.329. The molecule has 0 spiro atoms. The van der Waals surface area contributed by atoms with Crippen molar-refractivity contribution in [1.29, 1.82) is 0 Å². The van der Waals surface area contributed by atoms with Gasteiger partial charge >= 0.3 is 0 Å². The zero-order valence-electron chi connectivity index (χ0n) is 21.9. The van der Waals surface area contributed by atoms with Gasteiger partial charge in [-0.2, -0.15) is 0 Å². The Morgan fingerprint density at radius 3 is 1.61 bits per heavy atom. The van der Waals surface area contributed by atoms with E-state index in [2.05, 4.69) is 30.4 Å². The summed E-state index contributed by atoms with van der Waals surface area (Å²) in [6.07, 6.45) is 5.60. The molecule has 1 aliphatic rings. The molecule has 0 unspecified atom stereocenters. The third-order valence-electron chi connectivity index (χ3n) is 7.33. The molecule has 8 nitrogen and oxygen atoms in total. The Bertz CT molecular complexity index is 1250. The van der Waals surface area contributed by atoms with Gasteiger partial charge in [-0.3, -0.25) is 19.8 Å². The predicted octanol–water partition coefficient (Wildman–Crippen LogP) is 3.47. The van der Waals surface area contributed by atoms with E-state index in [1.807, 2.05) is 36.4 Å². The Labute approximate surface area is 224 Å². The van der Waals surface area contributed by atoms with Crippen molar-refractivity contribution in [1.82, 2.24) is 30.4 Å². The van der Waals surface area contributed by atoms with Crippen molar-refractivity contribution in [2.45, 2.75) is 25.9 Å². The van der Waals surface area contributed by atoms with Gasteiger partial charge < -0.3 is 20.8 Å². The second kappa shape index (κ2) is 13.0. The molecule has 0 radical (unpaired) electrons. The first-order valence-electron chi connectivity index (χ1n) is 13.7. The average Bonchev–Trinajstić information content (AvgIpc) is 2.94. The number of pyridine rings is 2. The van der Waals surface area contributed by atoms with E-state index < -0.39 is 0 Å². The molecule has 8 heteroatoms. The Morgan fingerprint density at radius 1 is 0.605 bits per heavy atom. The van der Waals surface area contributed by atoms with Crippen molar-refractivity contribution in [2.75, 3.05) is 52.4 Å². The van der Waals surface area contributed by atoms with Crippen molar-refractivity contribution < 1.29 is 10.2 Å². The number of aromatic hydroxyl groups is 2. The molecular formula is C30H38N6O2. The van der Waals surface area contributed by atoms with E-state index in [0.717, 1.165) is 89.1 Å². The number of nitrogens with zero attached hydrogens (tertiary/aromatic N) is 4. The SMILES string of the molecule is Oc1ccc(CN2CCCN(Cc3ccc(O)c4ncccc34)CCNCCCNCC2)c2cccnc12. The highest BCUT2D eigenvalue weighted by atomic mass is 16.3. The lowest BCUT2D eigenvalue weighted by Crippen LogP contribution is -2.38. The molecule has 0 saturated carbocycles. The molecular weight excluding hydrogens is 476 g/mol. The highest BCUT2D eigenvalue weighted by molar-refractivity contribution is 5.87. The number of rotatable bonds is 4. The van der Waals surface area contributed by atoms with Crippen molar-refractivity contribution in [3.63, 3.8) is 0 Å². The second-order valence-corrected chi connectivity index (χ2v) is 10.0. The number of phenolic OH excluding ortho intramolecular Hbond substituents is 2. The van der Waals surface area contributed by atoms with Gasteiger partial charge in [0.25, 0.3) is 0 Å². The number of nitrogens with one attached hydrogen (secondary N) is 2. The molecule has 4 aromatic rings. The first-order chi connectivity index (χ1) is 18.7. The zero-order valence-corrected chi connectivity index (χ0v) is 21.9. The molecule has 1 fully saturated rings. The highest BCUT2D eigenvalue weighted by Crippen LogP contribution is 2.27. The first-order valence-corrected chi connectivity index (χ1v) is 13.7. The summed E-state index contributed by atoms with van der Waals surface area (Å²) in [4.78, 5) is 13.8. The summed E-state index contributed by atoms with van der Waals surface area (Å²) in [6.45, 7) is 9.42. The molecule has 1 aliphatic heterocycles. The van der Waals surface area contributed by atoms with E-state index in [1.165, 1.54) is 11.1 Å². The van der Waals surface area contributed by atoms with Crippen LogP contribution in [0.2, 0.25) is 0 Å². The molecule has 1 saturated heterocycles. The minimum atomic E-state index is 0.230. The fraction of sp³-hybridized carbons (Fsp3) is 0.400. The fourth-order valence-electron chi connectivity index (χ4n) is 5.31. The Balaban J connectivity index is 1.30. The molecule has 0 amide bonds. The monoisotopic (exact) mass is 514 g/mol. The smallest absolute Gasteiger partial charge is 0.141 e. The van der Waals surface area contributed by atoms with Crippen molar-refractivity contribution >= 4 is 21.8 Å². The van der Waals surface area contributed by atoms with Crippen molar-refractivity contribution in [2.24, 2.45) is 0 Å². The zero-order chi connectivity index (χ0) is 26.2. The van der Waals surface area contributed by atoms with Crippen LogP contribution in [0, 0.1) is 0 Å². The van der Waals surface area contributed by atoms with Gasteiger partial charge in [0.1, 0.15) is 22.5 Å². The number of hydrogen-bond donors (Lipinski definition) is 4. The molecule has 0 bridgehead atoms. The fourth-order valence-corrected chi connectivity index (χ4v) is 5.31. The molecule has 5 rings (SSSR count). The Kier molecular flexibility index (Phi) is 8.98. The molecule has 0 aliphatic carbocycles. The van der Waals surface area contributed by atoms with E-state index in [4.69, 9.17) is 0 Å². The van der Waals surface area contributed by atoms with Crippen LogP contribution in [0.3, 0.4) is 0 Å². The molecule has 38 heavy (non-hydrogen) atoms. The van der Waals surface area contributed by atoms with Crippen LogP contribution in [0.25, 0.3) is 21.8 Å². The summed E-state index contributed by atoms with van der Waals surface area (Å²) in [6, 6.07) is 15.5. The molecule has 0 atom stereocenters. The first kappa shape index (κ1) is 26.3. The number of fused-ring (bicyclic) bond motifs is 2. The van der Waals surface area contributed by atoms with E-state index in [9.17, 15) is 10.2 Å². The number of benzene rings is 2. The van der Waals surface area contributed by atoms with E-state index in [-0.39, 0.29) is 11.5 Å². The lowest BCUT2D eigenvalue weighted by molar-refractivity contribution is 0.216. The lowest BCUT2D eigenvalue weighted by atomic mass is 10.1. The van der Waals surface area contributed by atoms with Crippen LogP contribution in [0.4, 0.5) is 0 Å². The molecule has 3 heterocycles. The second-order valence-electron chi connectivity index (χ2n) is 10.0. The van der Waals surface area contributed by atoms with E-state index in [0.29, 0.717) is 11.0 Å². The lowest BCUT2D eigenvalue weighted by Gasteiger charge is -2.27. The van der Waals surface area contributed by atoms with Crippen LogP contribution in [-0.2, 0) is 13.1 Å². The molecule has 200 valence electrons. The summed E-state index contributed by atoms with van der Waals surface area (Å²) in [5.41, 5.74) is 3.71. The Hall–Kier alpha value is -3.30. The summed E-state index contributed by atoms with van der Waals surface area (Å²) in [5.74, 6) is 0.460. The highest BCUT2D eigenvalue weighted by Gasteiger charge is 2.14. The van der Waals surface area contributed by atoms with Crippen LogP contribution >= 0.6 is 0 Å². The number of aromatic nitrogens is 2. The predicted molar refractivity (Wildman–Crippen MR) is 152 cm³/mol. The number of phenols is 2. The van der Waals surface area contributed by atoms with Gasteiger partial charge in [-0.1, -0.05) is 24.3 Å². The molecule has 4 N–H and O–H groups in total. The Morgan fingerprint density at radius 2 is 1.11 bits per heavy atom. The van der Waals surface area contributed by atoms with Crippen molar-refractivity contribution in [3.05, 3.63) is 72.1 Å². The van der Waals surface area contributed by atoms with Gasteiger partial charge in [0.05, 0.1) is 0 Å². The maximum atomic E-state index is 10.3. The van der Waals surface area contributed by atoms with Crippen molar-refractivity contribution in [3.8, 4) is 11.5 Å². The van der Waals surface area contributed by atoms with Gasteiger partial charge in [-0.15, -0.1) is 0 Å². The van der Waals surface area contributed by atoms with Crippen LogP contribution < -0.4 is 10.6 Å². The summed E-state index contributed by atoms with van der Waals surface area (Å²) in [7, 11) is 0. The molecule has 2 aromatic heterocycles. The maximum absolute atomic E-state index is 10.3. The van der Waals surface area contributed by atoms with Gasteiger partial charge in [0.2, 0.25) is 0 Å². The van der Waals surface area contributed by atoms with Crippen LogP contribution in [0.1, 0.15) is 24.0 Å². The standard InChI is InChI=1S/C30H38N6O2/c37-27-9-7-23(25-5-1-13-33-29(25)27)21-35-17-4-18-36(20-16-32-12-3-11-31-15-19-35)22-24-8-10-28(38)30-26(24)6-2-14-34-30/h1-2,5-10,13-14,31-32,37-38H,3-4,11-12,15-22H2. The third-order valence-corrected chi connectivity index (χ3v) is 7.33. The molecule has 2 aromatic carbocycles. The van der Waals surface area contributed by atoms with Gasteiger partial charge in [-0.05, 0) is 74.4 Å². The minimum Gasteiger partial charge on any atom is -0.506 e. The summed E-state index contributed by atoms with van der Waals surface area (Å²) in [5, 5.41) is 29.8. The summed E-state index contributed by atoms with van der Waals surface area (Å²) < 4.78 is 0. The maximum Gasteiger partial charge on any atom is 0.141 e. The largest absolute Gasteiger partial charge is 0.506 e. The van der Waals surface area contributed by atoms with Crippen LogP contribution in [0.5, 0.6) is 11.5 Å².